The van der Waals surface area contributed by atoms with Gasteiger partial charge in [0.05, 0.1) is 5.02 Å². The summed E-state index contributed by atoms with van der Waals surface area (Å²) in [6.07, 6.45) is 1.55. The maximum absolute atomic E-state index is 13.3. The van der Waals surface area contributed by atoms with E-state index in [1.54, 1.807) is 36.5 Å². The van der Waals surface area contributed by atoms with Crippen molar-refractivity contribution in [2.24, 2.45) is 0 Å². The smallest absolute Gasteiger partial charge is 0.137 e. The fourth-order valence-electron chi connectivity index (χ4n) is 1.06. The number of hydrogen-bond acceptors (Lipinski definition) is 2. The maximum atomic E-state index is 13.3. The molecule has 76 valence electrons. The van der Waals surface area contributed by atoms with Crippen molar-refractivity contribution in [1.82, 2.24) is 4.98 Å². The number of aromatic nitrogens is 1. The van der Waals surface area contributed by atoms with Gasteiger partial charge in [0.2, 0.25) is 0 Å². The molecular weight excluding hydrogens is 233 g/mol. The number of rotatable bonds is 2. The van der Waals surface area contributed by atoms with Gasteiger partial charge in [-0.3, -0.25) is 0 Å². The van der Waals surface area contributed by atoms with E-state index in [1.807, 2.05) is 0 Å². The van der Waals surface area contributed by atoms with Crippen LogP contribution in [0, 0.1) is 5.82 Å². The molecule has 0 amide bonds. The minimum atomic E-state index is -0.237. The first kappa shape index (κ1) is 10.5. The maximum Gasteiger partial charge on any atom is 0.137 e. The Labute approximate surface area is 96.3 Å². The van der Waals surface area contributed by atoms with Gasteiger partial charge in [-0.05, 0) is 24.3 Å². The molecule has 0 unspecified atom stereocenters. The summed E-state index contributed by atoms with van der Waals surface area (Å²) < 4.78 is 13.3. The lowest BCUT2D eigenvalue weighted by Crippen LogP contribution is -1.82. The zero-order valence-electron chi connectivity index (χ0n) is 7.65. The van der Waals surface area contributed by atoms with Crippen LogP contribution in [-0.4, -0.2) is 4.98 Å². The zero-order valence-corrected chi connectivity index (χ0v) is 9.23. The first-order valence-corrected chi connectivity index (χ1v) is 5.49. The molecule has 1 aromatic carbocycles. The average molecular weight is 240 g/mol. The molecular formula is C11H7ClFNS. The molecule has 0 aliphatic heterocycles. The van der Waals surface area contributed by atoms with Crippen LogP contribution in [0.3, 0.4) is 0 Å². The molecule has 0 atom stereocenters. The van der Waals surface area contributed by atoms with Gasteiger partial charge in [-0.25, -0.2) is 9.37 Å². The summed E-state index contributed by atoms with van der Waals surface area (Å²) in [6.45, 7) is 0. The van der Waals surface area contributed by atoms with Gasteiger partial charge in [-0.1, -0.05) is 35.5 Å². The highest BCUT2D eigenvalue weighted by molar-refractivity contribution is 7.99. The Balaban J connectivity index is 2.22. The second kappa shape index (κ2) is 4.64. The van der Waals surface area contributed by atoms with Crippen molar-refractivity contribution in [2.45, 2.75) is 9.92 Å². The third-order valence-electron chi connectivity index (χ3n) is 1.75. The fraction of sp³-hybridized carbons (Fsp3) is 0. The van der Waals surface area contributed by atoms with E-state index < -0.39 is 0 Å². The molecule has 4 heteroatoms. The molecule has 1 heterocycles. The molecule has 2 aromatic rings. The Morgan fingerprint density at radius 2 is 1.93 bits per heavy atom. The van der Waals surface area contributed by atoms with Crippen LogP contribution < -0.4 is 0 Å². The van der Waals surface area contributed by atoms with E-state index in [0.717, 1.165) is 5.03 Å². The highest BCUT2D eigenvalue weighted by Gasteiger charge is 2.03. The first-order chi connectivity index (χ1) is 7.25. The minimum Gasteiger partial charge on any atom is -0.248 e. The molecule has 0 spiro atoms. The summed E-state index contributed by atoms with van der Waals surface area (Å²) in [5, 5.41) is 1.30. The van der Waals surface area contributed by atoms with Crippen LogP contribution in [0.2, 0.25) is 5.02 Å². The predicted octanol–water partition coefficient (Wildman–Crippen LogP) is 4.03. The van der Waals surface area contributed by atoms with Gasteiger partial charge in [-0.2, -0.15) is 0 Å². The zero-order chi connectivity index (χ0) is 10.7. The second-order valence-corrected chi connectivity index (χ2v) is 4.35. The molecule has 0 N–H and O–H groups in total. The minimum absolute atomic E-state index is 0.237. The van der Waals surface area contributed by atoms with Crippen molar-refractivity contribution >= 4 is 23.4 Å². The summed E-state index contributed by atoms with van der Waals surface area (Å²) >= 11 is 6.98. The molecule has 0 bridgehead atoms. The summed E-state index contributed by atoms with van der Waals surface area (Å²) in [4.78, 5) is 4.64. The standard InChI is InChI=1S/C11H7ClFNS/c12-8-5-6-11(14-7-8)15-10-4-2-1-3-9(10)13/h1-7H. The van der Waals surface area contributed by atoms with Gasteiger partial charge in [0, 0.05) is 11.1 Å². The topological polar surface area (TPSA) is 12.9 Å². The van der Waals surface area contributed by atoms with E-state index in [1.165, 1.54) is 17.8 Å². The fourth-order valence-corrected chi connectivity index (χ4v) is 1.95. The van der Waals surface area contributed by atoms with Crippen molar-refractivity contribution in [1.29, 1.82) is 0 Å². The van der Waals surface area contributed by atoms with Gasteiger partial charge < -0.3 is 0 Å². The number of nitrogens with zero attached hydrogens (tertiary/aromatic N) is 1. The van der Waals surface area contributed by atoms with Crippen molar-refractivity contribution in [3.63, 3.8) is 0 Å². The third-order valence-corrected chi connectivity index (χ3v) is 2.98. The molecule has 1 aromatic heterocycles. The van der Waals surface area contributed by atoms with E-state index >= 15 is 0 Å². The van der Waals surface area contributed by atoms with Crippen molar-refractivity contribution in [2.75, 3.05) is 0 Å². The van der Waals surface area contributed by atoms with Crippen LogP contribution in [0.4, 0.5) is 4.39 Å². The number of hydrogen-bond donors (Lipinski definition) is 0. The van der Waals surface area contributed by atoms with Gasteiger partial charge in [-0.15, -0.1) is 0 Å². The molecule has 0 saturated carbocycles. The highest BCUT2D eigenvalue weighted by Crippen LogP contribution is 2.28. The molecule has 0 radical (unpaired) electrons. The summed E-state index contributed by atoms with van der Waals surface area (Å²) in [6, 6.07) is 10.1. The van der Waals surface area contributed by atoms with Gasteiger partial charge in [0.1, 0.15) is 10.8 Å². The lowest BCUT2D eigenvalue weighted by Gasteiger charge is -2.01. The Morgan fingerprint density at radius 3 is 2.60 bits per heavy atom. The van der Waals surface area contributed by atoms with E-state index in [0.29, 0.717) is 9.92 Å². The Bertz CT molecular complexity index is 458. The first-order valence-electron chi connectivity index (χ1n) is 4.29. The van der Waals surface area contributed by atoms with Crippen LogP contribution >= 0.6 is 23.4 Å². The van der Waals surface area contributed by atoms with Crippen LogP contribution in [0.1, 0.15) is 0 Å². The van der Waals surface area contributed by atoms with Gasteiger partial charge in [0.25, 0.3) is 0 Å². The number of halogens is 2. The Morgan fingerprint density at radius 1 is 1.13 bits per heavy atom. The molecule has 0 aliphatic carbocycles. The highest BCUT2D eigenvalue weighted by atomic mass is 35.5. The van der Waals surface area contributed by atoms with Crippen LogP contribution in [0.25, 0.3) is 0 Å². The number of benzene rings is 1. The van der Waals surface area contributed by atoms with Crippen LogP contribution in [-0.2, 0) is 0 Å². The Kier molecular flexibility index (Phi) is 3.23. The molecule has 1 nitrogen and oxygen atoms in total. The van der Waals surface area contributed by atoms with E-state index in [9.17, 15) is 4.39 Å². The average Bonchev–Trinajstić information content (AvgIpc) is 2.25. The van der Waals surface area contributed by atoms with Crippen molar-refractivity contribution in [3.05, 3.63) is 53.4 Å². The van der Waals surface area contributed by atoms with Crippen molar-refractivity contribution < 1.29 is 4.39 Å². The molecule has 15 heavy (non-hydrogen) atoms. The molecule has 0 aliphatic rings. The quantitative estimate of drug-likeness (QED) is 0.785. The van der Waals surface area contributed by atoms with E-state index in [-0.39, 0.29) is 5.82 Å². The summed E-state index contributed by atoms with van der Waals surface area (Å²) in [5.41, 5.74) is 0. The lowest BCUT2D eigenvalue weighted by molar-refractivity contribution is 0.602. The summed E-state index contributed by atoms with van der Waals surface area (Å²) in [7, 11) is 0. The SMILES string of the molecule is Fc1ccccc1Sc1ccc(Cl)cn1. The van der Waals surface area contributed by atoms with Gasteiger partial charge in [0.15, 0.2) is 0 Å². The normalized spacial score (nSPS) is 10.3. The van der Waals surface area contributed by atoms with E-state index in [4.69, 9.17) is 11.6 Å². The molecule has 2 rings (SSSR count). The Hall–Kier alpha value is -1.06. The van der Waals surface area contributed by atoms with Crippen LogP contribution in [0.5, 0.6) is 0 Å². The van der Waals surface area contributed by atoms with Crippen molar-refractivity contribution in [3.8, 4) is 0 Å². The summed E-state index contributed by atoms with van der Waals surface area (Å²) in [5.74, 6) is -0.237. The van der Waals surface area contributed by atoms with Gasteiger partial charge >= 0.3 is 0 Å². The number of pyridine rings is 1. The van der Waals surface area contributed by atoms with E-state index in [2.05, 4.69) is 4.98 Å². The second-order valence-electron chi connectivity index (χ2n) is 2.85. The molecule has 0 saturated heterocycles. The largest absolute Gasteiger partial charge is 0.248 e. The predicted molar refractivity (Wildman–Crippen MR) is 59.8 cm³/mol. The monoisotopic (exact) mass is 239 g/mol. The third kappa shape index (κ3) is 2.70. The lowest BCUT2D eigenvalue weighted by atomic mass is 10.3. The van der Waals surface area contributed by atoms with Crippen LogP contribution in [0.15, 0.2) is 52.5 Å². The molecule has 0 fully saturated rings.